The number of amides is 1. The first-order chi connectivity index (χ1) is 9.53. The van der Waals surface area contributed by atoms with Crippen LogP contribution in [0.2, 0.25) is 0 Å². The van der Waals surface area contributed by atoms with Gasteiger partial charge in [0.1, 0.15) is 11.3 Å². The molecule has 2 atom stereocenters. The highest BCUT2D eigenvalue weighted by molar-refractivity contribution is 5.87. The fourth-order valence-corrected chi connectivity index (χ4v) is 3.00. The molecule has 0 saturated carbocycles. The van der Waals surface area contributed by atoms with Gasteiger partial charge in [0.15, 0.2) is 0 Å². The Morgan fingerprint density at radius 2 is 2.30 bits per heavy atom. The lowest BCUT2D eigenvalue weighted by Crippen LogP contribution is -2.57. The number of fused-ring (bicyclic) bond motifs is 1. The molecule has 1 amide bonds. The summed E-state index contributed by atoms with van der Waals surface area (Å²) >= 11 is 0. The van der Waals surface area contributed by atoms with E-state index in [1.165, 1.54) is 0 Å². The van der Waals surface area contributed by atoms with E-state index in [9.17, 15) is 4.79 Å². The Kier molecular flexibility index (Phi) is 4.33. The number of ether oxygens (including phenoxy) is 1. The molecular weight excluding hydrogens is 252 g/mol. The van der Waals surface area contributed by atoms with Gasteiger partial charge in [-0.15, -0.1) is 0 Å². The van der Waals surface area contributed by atoms with E-state index >= 15 is 0 Å². The van der Waals surface area contributed by atoms with Crippen LogP contribution in [0.1, 0.15) is 44.2 Å². The minimum Gasteiger partial charge on any atom is -0.497 e. The molecule has 0 aromatic heterocycles. The Labute approximate surface area is 120 Å². The molecule has 0 bridgehead atoms. The van der Waals surface area contributed by atoms with Crippen molar-refractivity contribution < 1.29 is 9.53 Å². The lowest BCUT2D eigenvalue weighted by Gasteiger charge is -2.39. The number of nitrogens with one attached hydrogen (secondary N) is 1. The molecule has 1 aliphatic carbocycles. The van der Waals surface area contributed by atoms with E-state index < -0.39 is 5.54 Å². The second kappa shape index (κ2) is 5.83. The maximum absolute atomic E-state index is 12.2. The van der Waals surface area contributed by atoms with Gasteiger partial charge in [0.05, 0.1) is 7.11 Å². The van der Waals surface area contributed by atoms with Crippen molar-refractivity contribution in [1.82, 2.24) is 5.32 Å². The first-order valence-corrected chi connectivity index (χ1v) is 7.28. The van der Waals surface area contributed by atoms with E-state index in [-0.39, 0.29) is 11.9 Å². The largest absolute Gasteiger partial charge is 0.497 e. The molecule has 0 fully saturated rings. The van der Waals surface area contributed by atoms with Crippen molar-refractivity contribution in [2.45, 2.75) is 51.1 Å². The van der Waals surface area contributed by atoms with Crippen molar-refractivity contribution in [3.63, 3.8) is 0 Å². The first kappa shape index (κ1) is 14.9. The van der Waals surface area contributed by atoms with E-state index in [2.05, 4.69) is 19.2 Å². The van der Waals surface area contributed by atoms with Crippen molar-refractivity contribution >= 4 is 5.91 Å². The summed E-state index contributed by atoms with van der Waals surface area (Å²) in [5.41, 5.74) is 7.19. The quantitative estimate of drug-likeness (QED) is 0.865. The zero-order chi connectivity index (χ0) is 14.8. The molecule has 1 aromatic rings. The van der Waals surface area contributed by atoms with Crippen LogP contribution < -0.4 is 15.8 Å². The summed E-state index contributed by atoms with van der Waals surface area (Å²) in [4.78, 5) is 12.2. The highest BCUT2D eigenvalue weighted by Gasteiger charge is 2.42. The molecule has 3 N–H and O–H groups in total. The van der Waals surface area contributed by atoms with Gasteiger partial charge in [-0.25, -0.2) is 0 Å². The molecule has 0 aliphatic heterocycles. The molecule has 4 heteroatoms. The van der Waals surface area contributed by atoms with E-state index in [1.807, 2.05) is 18.2 Å². The monoisotopic (exact) mass is 276 g/mol. The van der Waals surface area contributed by atoms with Crippen LogP contribution in [-0.4, -0.2) is 19.1 Å². The van der Waals surface area contributed by atoms with Crippen molar-refractivity contribution in [2.75, 3.05) is 7.11 Å². The second-order valence-corrected chi connectivity index (χ2v) is 5.60. The van der Waals surface area contributed by atoms with Gasteiger partial charge in [0.25, 0.3) is 0 Å². The van der Waals surface area contributed by atoms with Gasteiger partial charge in [0, 0.05) is 6.04 Å². The number of aryl methyl sites for hydroxylation is 1. The van der Waals surface area contributed by atoms with Crippen molar-refractivity contribution in [3.8, 4) is 5.75 Å². The Morgan fingerprint density at radius 3 is 2.90 bits per heavy atom. The van der Waals surface area contributed by atoms with Gasteiger partial charge in [-0.3, -0.25) is 10.1 Å². The number of carbonyl (C=O) groups excluding carboxylic acids is 1. The molecule has 1 aliphatic rings. The molecule has 0 spiro atoms. The minimum absolute atomic E-state index is 0.246. The minimum atomic E-state index is -0.741. The summed E-state index contributed by atoms with van der Waals surface area (Å²) in [7, 11) is 1.66. The average Bonchev–Trinajstić information content (AvgIpc) is 2.46. The van der Waals surface area contributed by atoms with Crippen LogP contribution in [0.5, 0.6) is 5.75 Å². The lowest BCUT2D eigenvalue weighted by molar-refractivity contribution is -0.125. The molecule has 0 heterocycles. The van der Waals surface area contributed by atoms with Gasteiger partial charge < -0.3 is 10.5 Å². The van der Waals surface area contributed by atoms with Crippen LogP contribution in [0.4, 0.5) is 0 Å². The van der Waals surface area contributed by atoms with Gasteiger partial charge in [0.2, 0.25) is 5.91 Å². The third kappa shape index (κ3) is 2.52. The predicted octanol–water partition coefficient (Wildman–Crippen LogP) is 2.10. The molecule has 0 radical (unpaired) electrons. The smallest absolute Gasteiger partial charge is 0.242 e. The maximum Gasteiger partial charge on any atom is 0.242 e. The van der Waals surface area contributed by atoms with E-state index in [1.54, 1.807) is 7.11 Å². The SMILES string of the molecule is CCC(C)NC1(C(N)=O)CCCc2cc(OC)ccc21. The Bertz CT molecular complexity index is 501. The predicted molar refractivity (Wildman–Crippen MR) is 79.7 cm³/mol. The van der Waals surface area contributed by atoms with E-state index in [0.717, 1.165) is 42.6 Å². The lowest BCUT2D eigenvalue weighted by atomic mass is 9.75. The normalized spacial score (nSPS) is 22.9. The van der Waals surface area contributed by atoms with E-state index in [0.29, 0.717) is 0 Å². The molecule has 4 nitrogen and oxygen atoms in total. The summed E-state index contributed by atoms with van der Waals surface area (Å²) < 4.78 is 5.27. The Morgan fingerprint density at radius 1 is 1.55 bits per heavy atom. The molecule has 20 heavy (non-hydrogen) atoms. The number of benzene rings is 1. The van der Waals surface area contributed by atoms with Gasteiger partial charge in [-0.05, 0) is 55.9 Å². The van der Waals surface area contributed by atoms with Gasteiger partial charge in [-0.2, -0.15) is 0 Å². The summed E-state index contributed by atoms with van der Waals surface area (Å²) in [6.45, 7) is 4.19. The molecule has 2 unspecified atom stereocenters. The van der Waals surface area contributed by atoms with Crippen molar-refractivity contribution in [2.24, 2.45) is 5.73 Å². The first-order valence-electron chi connectivity index (χ1n) is 7.28. The molecule has 0 saturated heterocycles. The third-order valence-electron chi connectivity index (χ3n) is 4.30. The standard InChI is InChI=1S/C16H24N2O2/c1-4-11(2)18-16(15(17)19)9-5-6-12-10-13(20-3)7-8-14(12)16/h7-8,10-11,18H,4-6,9H2,1-3H3,(H2,17,19). The van der Waals surface area contributed by atoms with Crippen LogP contribution in [0.15, 0.2) is 18.2 Å². The number of nitrogens with two attached hydrogens (primary N) is 1. The number of hydrogen-bond donors (Lipinski definition) is 2. The zero-order valence-corrected chi connectivity index (χ0v) is 12.5. The third-order valence-corrected chi connectivity index (χ3v) is 4.30. The summed E-state index contributed by atoms with van der Waals surface area (Å²) in [6, 6.07) is 6.15. The highest BCUT2D eigenvalue weighted by Crippen LogP contribution is 2.37. The summed E-state index contributed by atoms with van der Waals surface area (Å²) in [5.74, 6) is 0.538. The average molecular weight is 276 g/mol. The van der Waals surface area contributed by atoms with E-state index in [4.69, 9.17) is 10.5 Å². The fraction of sp³-hybridized carbons (Fsp3) is 0.562. The number of methoxy groups -OCH3 is 1. The summed E-state index contributed by atoms with van der Waals surface area (Å²) in [5, 5.41) is 3.46. The van der Waals surface area contributed by atoms with Gasteiger partial charge >= 0.3 is 0 Å². The van der Waals surface area contributed by atoms with Crippen LogP contribution in [0, 0.1) is 0 Å². The molecular formula is C16H24N2O2. The second-order valence-electron chi connectivity index (χ2n) is 5.60. The topological polar surface area (TPSA) is 64.3 Å². The molecule has 110 valence electrons. The molecule has 2 rings (SSSR count). The van der Waals surface area contributed by atoms with Gasteiger partial charge in [-0.1, -0.05) is 13.0 Å². The van der Waals surface area contributed by atoms with Crippen molar-refractivity contribution in [1.29, 1.82) is 0 Å². The van der Waals surface area contributed by atoms with Crippen LogP contribution in [0.25, 0.3) is 0 Å². The summed E-state index contributed by atoms with van der Waals surface area (Å²) in [6.07, 6.45) is 3.63. The number of carbonyl (C=O) groups is 1. The van der Waals surface area contributed by atoms with Crippen LogP contribution in [0.3, 0.4) is 0 Å². The number of hydrogen-bond acceptors (Lipinski definition) is 3. The number of rotatable bonds is 5. The van der Waals surface area contributed by atoms with Crippen LogP contribution >= 0.6 is 0 Å². The zero-order valence-electron chi connectivity index (χ0n) is 12.5. The van der Waals surface area contributed by atoms with Crippen LogP contribution in [-0.2, 0) is 16.8 Å². The highest BCUT2D eigenvalue weighted by atomic mass is 16.5. The number of primary amides is 1. The van der Waals surface area contributed by atoms with Crippen molar-refractivity contribution in [3.05, 3.63) is 29.3 Å². The maximum atomic E-state index is 12.2. The fourth-order valence-electron chi connectivity index (χ4n) is 3.00. The molecule has 1 aromatic carbocycles. The Hall–Kier alpha value is -1.55. The Balaban J connectivity index is 2.48.